The van der Waals surface area contributed by atoms with E-state index >= 15 is 0 Å². The van der Waals surface area contributed by atoms with Gasteiger partial charge in [-0.1, -0.05) is 30.3 Å². The van der Waals surface area contributed by atoms with Gasteiger partial charge in [-0.25, -0.2) is 4.39 Å². The molecular weight excluding hydrogens is 455 g/mol. The number of halogens is 1. The van der Waals surface area contributed by atoms with Gasteiger partial charge in [0.15, 0.2) is 11.6 Å². The molecule has 0 fully saturated rings. The first kappa shape index (κ1) is 23.9. The minimum Gasteiger partial charge on any atom is -0.488 e. The summed E-state index contributed by atoms with van der Waals surface area (Å²) in [7, 11) is 1.56. The Kier molecular flexibility index (Phi) is 7.92. The fraction of sp³-hybridized carbons (Fsp3) is 0.308. The molecule has 0 saturated heterocycles. The van der Waals surface area contributed by atoms with E-state index in [1.165, 1.54) is 15.8 Å². The number of nitrogens with zero attached hydrogens (tertiary/aromatic N) is 2. The third-order valence-corrected chi connectivity index (χ3v) is 6.84. The Bertz CT molecular complexity index is 1120. The largest absolute Gasteiger partial charge is 0.488 e. The summed E-state index contributed by atoms with van der Waals surface area (Å²) >= 11 is 1.65. The lowest BCUT2D eigenvalue weighted by Gasteiger charge is -2.37. The highest BCUT2D eigenvalue weighted by Crippen LogP contribution is 2.34. The van der Waals surface area contributed by atoms with E-state index < -0.39 is 5.82 Å². The van der Waals surface area contributed by atoms with Crippen molar-refractivity contribution >= 4 is 23.2 Å². The van der Waals surface area contributed by atoms with E-state index in [1.807, 2.05) is 17.5 Å². The summed E-state index contributed by atoms with van der Waals surface area (Å²) in [5.74, 6) is -0.697. The Hall–Kier alpha value is -3.23. The molecule has 3 aromatic rings. The van der Waals surface area contributed by atoms with Crippen LogP contribution in [0.4, 0.5) is 4.39 Å². The number of hydrogen-bond acceptors (Lipinski definition) is 5. The van der Waals surface area contributed by atoms with E-state index in [9.17, 15) is 14.0 Å². The fourth-order valence-electron chi connectivity index (χ4n) is 4.08. The highest BCUT2D eigenvalue weighted by atomic mass is 32.1. The second-order valence-corrected chi connectivity index (χ2v) is 8.98. The van der Waals surface area contributed by atoms with Crippen molar-refractivity contribution in [2.45, 2.75) is 12.5 Å². The van der Waals surface area contributed by atoms with Crippen molar-refractivity contribution in [1.82, 2.24) is 9.80 Å². The van der Waals surface area contributed by atoms with Crippen molar-refractivity contribution < 1.29 is 23.5 Å². The van der Waals surface area contributed by atoms with Crippen LogP contribution in [0.3, 0.4) is 0 Å². The number of ether oxygens (including phenoxy) is 2. The molecule has 0 radical (unpaired) electrons. The Labute approximate surface area is 202 Å². The molecule has 1 aliphatic rings. The van der Waals surface area contributed by atoms with Crippen LogP contribution in [0.25, 0.3) is 0 Å². The number of methoxy groups -OCH3 is 1. The average molecular weight is 483 g/mol. The zero-order valence-electron chi connectivity index (χ0n) is 19.0. The second kappa shape index (κ2) is 11.3. The predicted molar refractivity (Wildman–Crippen MR) is 129 cm³/mol. The number of carbonyl (C=O) groups is 2. The molecule has 8 heteroatoms. The van der Waals surface area contributed by atoms with Crippen molar-refractivity contribution in [3.05, 3.63) is 87.9 Å². The van der Waals surface area contributed by atoms with Gasteiger partial charge in [0.25, 0.3) is 5.91 Å². The maximum Gasteiger partial charge on any atom is 0.254 e. The van der Waals surface area contributed by atoms with Gasteiger partial charge in [0.05, 0.1) is 12.6 Å². The maximum atomic E-state index is 14.1. The van der Waals surface area contributed by atoms with Crippen molar-refractivity contribution in [2.24, 2.45) is 0 Å². The fourth-order valence-corrected chi connectivity index (χ4v) is 5.00. The van der Waals surface area contributed by atoms with E-state index in [-0.39, 0.29) is 36.8 Å². The highest BCUT2D eigenvalue weighted by Gasteiger charge is 2.33. The molecule has 178 valence electrons. The lowest BCUT2D eigenvalue weighted by atomic mass is 10.0. The van der Waals surface area contributed by atoms with E-state index in [4.69, 9.17) is 9.47 Å². The third kappa shape index (κ3) is 5.46. The van der Waals surface area contributed by atoms with Crippen LogP contribution in [0, 0.1) is 5.82 Å². The molecule has 34 heavy (non-hydrogen) atoms. The first-order chi connectivity index (χ1) is 16.6. The molecule has 2 heterocycles. The van der Waals surface area contributed by atoms with Crippen molar-refractivity contribution in [1.29, 1.82) is 0 Å². The van der Waals surface area contributed by atoms with E-state index in [2.05, 4.69) is 0 Å². The smallest absolute Gasteiger partial charge is 0.254 e. The lowest BCUT2D eigenvalue weighted by Crippen LogP contribution is -2.48. The summed E-state index contributed by atoms with van der Waals surface area (Å²) in [4.78, 5) is 31.0. The predicted octanol–water partition coefficient (Wildman–Crippen LogP) is 4.18. The van der Waals surface area contributed by atoms with Gasteiger partial charge in [0.2, 0.25) is 5.91 Å². The van der Waals surface area contributed by atoms with Gasteiger partial charge < -0.3 is 19.3 Å². The van der Waals surface area contributed by atoms with Crippen LogP contribution in [0.5, 0.6) is 5.75 Å². The minimum atomic E-state index is -0.444. The van der Waals surface area contributed by atoms with Crippen LogP contribution < -0.4 is 4.74 Å². The topological polar surface area (TPSA) is 59.1 Å². The molecule has 1 aromatic heterocycles. The molecule has 0 saturated carbocycles. The zero-order valence-corrected chi connectivity index (χ0v) is 19.8. The van der Waals surface area contributed by atoms with Crippen LogP contribution >= 0.6 is 11.3 Å². The molecule has 6 nitrogen and oxygen atoms in total. The second-order valence-electron chi connectivity index (χ2n) is 7.98. The summed E-state index contributed by atoms with van der Waals surface area (Å²) in [5.41, 5.74) is 1.53. The third-order valence-electron chi connectivity index (χ3n) is 5.85. The zero-order chi connectivity index (χ0) is 23.9. The van der Waals surface area contributed by atoms with Gasteiger partial charge in [0.1, 0.15) is 13.2 Å². The molecule has 0 aliphatic carbocycles. The van der Waals surface area contributed by atoms with Gasteiger partial charge in [-0.15, -0.1) is 11.3 Å². The first-order valence-electron chi connectivity index (χ1n) is 11.1. The summed E-state index contributed by atoms with van der Waals surface area (Å²) in [5, 5.41) is 2.00. The monoisotopic (exact) mass is 482 g/mol. The van der Waals surface area contributed by atoms with Crippen LogP contribution in [0.2, 0.25) is 0 Å². The number of carbonyl (C=O) groups excluding carboxylic acids is 2. The van der Waals surface area contributed by atoms with Crippen molar-refractivity contribution in [3.63, 3.8) is 0 Å². The Morgan fingerprint density at radius 2 is 1.88 bits per heavy atom. The summed E-state index contributed by atoms with van der Waals surface area (Å²) in [6, 6.07) is 16.8. The summed E-state index contributed by atoms with van der Waals surface area (Å²) < 4.78 is 25.1. The minimum absolute atomic E-state index is 0.0766. The molecule has 0 N–H and O–H groups in total. The number of para-hydroxylation sites is 1. The first-order valence-corrected chi connectivity index (χ1v) is 12.0. The van der Waals surface area contributed by atoms with Crippen LogP contribution in [0.15, 0.2) is 66.0 Å². The van der Waals surface area contributed by atoms with Crippen LogP contribution in [-0.2, 0) is 16.0 Å². The highest BCUT2D eigenvalue weighted by molar-refractivity contribution is 7.10. The van der Waals surface area contributed by atoms with E-state index in [1.54, 1.807) is 65.8 Å². The lowest BCUT2D eigenvalue weighted by molar-refractivity contribution is -0.135. The number of amides is 2. The molecule has 1 aliphatic heterocycles. The molecule has 0 bridgehead atoms. The number of benzene rings is 2. The van der Waals surface area contributed by atoms with Crippen LogP contribution in [-0.4, -0.2) is 61.6 Å². The Morgan fingerprint density at radius 1 is 1.12 bits per heavy atom. The Balaban J connectivity index is 1.53. The summed E-state index contributed by atoms with van der Waals surface area (Å²) in [6.07, 6.45) is 0.736. The normalized spacial score (nSPS) is 15.0. The SMILES string of the molecule is COCCN(CC(=O)N1CCc2sccc2[C@@H]1COc1ccccc1F)C(=O)c1ccccc1. The molecule has 2 amide bonds. The quantitative estimate of drug-likeness (QED) is 0.459. The maximum absolute atomic E-state index is 14.1. The number of fused-ring (bicyclic) bond motifs is 1. The van der Waals surface area contributed by atoms with E-state index in [0.29, 0.717) is 25.3 Å². The van der Waals surface area contributed by atoms with Crippen molar-refractivity contribution in [2.75, 3.05) is 40.0 Å². The van der Waals surface area contributed by atoms with Gasteiger partial charge in [0, 0.05) is 30.6 Å². The number of thiophene rings is 1. The van der Waals surface area contributed by atoms with Gasteiger partial charge in [-0.05, 0) is 47.7 Å². The van der Waals surface area contributed by atoms with Gasteiger partial charge in [-0.2, -0.15) is 0 Å². The van der Waals surface area contributed by atoms with E-state index in [0.717, 1.165) is 12.0 Å². The molecule has 2 aromatic carbocycles. The molecule has 0 unspecified atom stereocenters. The Morgan fingerprint density at radius 3 is 2.65 bits per heavy atom. The van der Waals surface area contributed by atoms with Crippen molar-refractivity contribution in [3.8, 4) is 5.75 Å². The molecular formula is C26H27FN2O4S. The average Bonchev–Trinajstić information content (AvgIpc) is 3.35. The number of hydrogen-bond donors (Lipinski definition) is 0. The van der Waals surface area contributed by atoms with Gasteiger partial charge in [-0.3, -0.25) is 9.59 Å². The molecule has 1 atom stereocenters. The number of rotatable bonds is 9. The van der Waals surface area contributed by atoms with Crippen LogP contribution in [0.1, 0.15) is 26.8 Å². The molecule has 0 spiro atoms. The standard InChI is InChI=1S/C26H27FN2O4S/c1-32-15-14-28(26(31)19-7-3-2-4-8-19)17-25(30)29-13-11-24-20(12-16-34-24)22(29)18-33-23-10-6-5-9-21(23)27/h2-10,12,16,22H,11,13-15,17-18H2,1H3/t22-/m0/s1. The molecule has 4 rings (SSSR count). The van der Waals surface area contributed by atoms with Gasteiger partial charge >= 0.3 is 0 Å². The summed E-state index contributed by atoms with van der Waals surface area (Å²) in [6.45, 7) is 1.17.